The van der Waals surface area contributed by atoms with E-state index in [1.54, 1.807) is 32.9 Å². The fraction of sp³-hybridized carbons (Fsp3) is 0.357. The topological polar surface area (TPSA) is 49.3 Å². The smallest absolute Gasteiger partial charge is 0.244 e. The van der Waals surface area contributed by atoms with E-state index in [1.165, 1.54) is 18.2 Å². The van der Waals surface area contributed by atoms with E-state index >= 15 is 0 Å². The third-order valence-electron chi connectivity index (χ3n) is 2.50. The standard InChI is InChI=1S/C14H18FNO2/c1-10(11-4-6-12(15)7-5-11)8-13(18)16-14(2,3)9-17/h4-8,17H,9H2,1-3H3,(H,16,18)/b10-8-. The van der Waals surface area contributed by atoms with Gasteiger partial charge in [0.2, 0.25) is 5.91 Å². The van der Waals surface area contributed by atoms with Crippen molar-refractivity contribution in [2.24, 2.45) is 0 Å². The minimum atomic E-state index is -0.656. The fourth-order valence-corrected chi connectivity index (χ4v) is 1.40. The molecule has 0 heterocycles. The number of allylic oxidation sites excluding steroid dienone is 1. The molecule has 0 unspecified atom stereocenters. The molecule has 0 aliphatic rings. The highest BCUT2D eigenvalue weighted by atomic mass is 19.1. The number of carbonyl (C=O) groups is 1. The number of aliphatic hydroxyl groups is 1. The van der Waals surface area contributed by atoms with Crippen LogP contribution in [0.1, 0.15) is 26.3 Å². The first-order valence-corrected chi connectivity index (χ1v) is 5.71. The second kappa shape index (κ2) is 5.78. The Morgan fingerprint density at radius 2 is 1.94 bits per heavy atom. The summed E-state index contributed by atoms with van der Waals surface area (Å²) in [5.41, 5.74) is 0.867. The molecule has 0 aromatic heterocycles. The summed E-state index contributed by atoms with van der Waals surface area (Å²) in [4.78, 5) is 11.7. The maximum atomic E-state index is 12.8. The van der Waals surface area contributed by atoms with Crippen LogP contribution >= 0.6 is 0 Å². The van der Waals surface area contributed by atoms with Crippen molar-refractivity contribution in [1.82, 2.24) is 5.32 Å². The lowest BCUT2D eigenvalue weighted by molar-refractivity contribution is -0.118. The quantitative estimate of drug-likeness (QED) is 0.805. The largest absolute Gasteiger partial charge is 0.394 e. The van der Waals surface area contributed by atoms with Crippen molar-refractivity contribution < 1.29 is 14.3 Å². The third kappa shape index (κ3) is 4.30. The Labute approximate surface area is 106 Å². The number of rotatable bonds is 4. The zero-order valence-electron chi connectivity index (χ0n) is 10.8. The molecule has 0 aliphatic carbocycles. The molecule has 4 heteroatoms. The van der Waals surface area contributed by atoms with Gasteiger partial charge in [0.25, 0.3) is 0 Å². The van der Waals surface area contributed by atoms with Crippen molar-refractivity contribution in [3.8, 4) is 0 Å². The molecule has 0 radical (unpaired) electrons. The first kappa shape index (κ1) is 14.4. The van der Waals surface area contributed by atoms with Crippen molar-refractivity contribution in [3.05, 3.63) is 41.7 Å². The van der Waals surface area contributed by atoms with Crippen molar-refractivity contribution in [3.63, 3.8) is 0 Å². The molecule has 1 aromatic rings. The lowest BCUT2D eigenvalue weighted by Gasteiger charge is -2.22. The van der Waals surface area contributed by atoms with Gasteiger partial charge in [0.1, 0.15) is 5.82 Å². The highest BCUT2D eigenvalue weighted by molar-refractivity contribution is 5.95. The summed E-state index contributed by atoms with van der Waals surface area (Å²) in [6.07, 6.45) is 1.44. The molecule has 0 saturated carbocycles. The summed E-state index contributed by atoms with van der Waals surface area (Å²) < 4.78 is 12.8. The summed E-state index contributed by atoms with van der Waals surface area (Å²) in [5, 5.41) is 11.7. The van der Waals surface area contributed by atoms with Crippen LogP contribution in [0.15, 0.2) is 30.3 Å². The van der Waals surface area contributed by atoms with Crippen LogP contribution in [0.3, 0.4) is 0 Å². The van der Waals surface area contributed by atoms with Gasteiger partial charge in [-0.2, -0.15) is 0 Å². The van der Waals surface area contributed by atoms with Crippen molar-refractivity contribution in [2.75, 3.05) is 6.61 Å². The van der Waals surface area contributed by atoms with Crippen LogP contribution in [0.4, 0.5) is 4.39 Å². The Morgan fingerprint density at radius 3 is 2.44 bits per heavy atom. The number of amides is 1. The summed E-state index contributed by atoms with van der Waals surface area (Å²) in [5.74, 6) is -0.590. The van der Waals surface area contributed by atoms with Crippen molar-refractivity contribution >= 4 is 11.5 Å². The number of aliphatic hydroxyl groups excluding tert-OH is 1. The van der Waals surface area contributed by atoms with Gasteiger partial charge >= 0.3 is 0 Å². The van der Waals surface area contributed by atoms with Crippen LogP contribution in [0.5, 0.6) is 0 Å². The van der Waals surface area contributed by atoms with Crippen LogP contribution in [0.25, 0.3) is 5.57 Å². The molecule has 0 atom stereocenters. The van der Waals surface area contributed by atoms with Gasteiger partial charge in [0.15, 0.2) is 0 Å². The van der Waals surface area contributed by atoms with Crippen LogP contribution < -0.4 is 5.32 Å². The Balaban J connectivity index is 2.77. The fourth-order valence-electron chi connectivity index (χ4n) is 1.40. The summed E-state index contributed by atoms with van der Waals surface area (Å²) in [7, 11) is 0. The molecule has 18 heavy (non-hydrogen) atoms. The second-order valence-electron chi connectivity index (χ2n) is 4.87. The first-order valence-electron chi connectivity index (χ1n) is 5.71. The Bertz CT molecular complexity index is 449. The number of nitrogens with one attached hydrogen (secondary N) is 1. The zero-order chi connectivity index (χ0) is 13.8. The first-order chi connectivity index (χ1) is 8.34. The van der Waals surface area contributed by atoms with Gasteiger partial charge in [-0.1, -0.05) is 12.1 Å². The van der Waals surface area contributed by atoms with E-state index in [9.17, 15) is 9.18 Å². The van der Waals surface area contributed by atoms with E-state index in [0.717, 1.165) is 11.1 Å². The molecule has 3 nitrogen and oxygen atoms in total. The maximum absolute atomic E-state index is 12.8. The van der Waals surface area contributed by atoms with E-state index in [4.69, 9.17) is 5.11 Å². The molecular weight excluding hydrogens is 233 g/mol. The predicted octanol–water partition coefficient (Wildman–Crippen LogP) is 2.12. The second-order valence-corrected chi connectivity index (χ2v) is 4.87. The maximum Gasteiger partial charge on any atom is 0.244 e. The highest BCUT2D eigenvalue weighted by Crippen LogP contribution is 2.14. The SMILES string of the molecule is C/C(=C/C(=O)NC(C)(C)CO)c1ccc(F)cc1. The zero-order valence-corrected chi connectivity index (χ0v) is 10.8. The van der Waals surface area contributed by atoms with E-state index in [1.807, 2.05) is 0 Å². The van der Waals surface area contributed by atoms with Gasteiger partial charge in [0.05, 0.1) is 12.1 Å². The van der Waals surface area contributed by atoms with Crippen LogP contribution in [0, 0.1) is 5.82 Å². The average Bonchev–Trinajstić information content (AvgIpc) is 2.29. The van der Waals surface area contributed by atoms with Crippen LogP contribution in [0.2, 0.25) is 0 Å². The predicted molar refractivity (Wildman–Crippen MR) is 69.4 cm³/mol. The Morgan fingerprint density at radius 1 is 1.39 bits per heavy atom. The summed E-state index contributed by atoms with van der Waals surface area (Å²) in [6.45, 7) is 5.10. The normalized spacial score (nSPS) is 12.4. The molecule has 98 valence electrons. The minimum absolute atomic E-state index is 0.137. The number of benzene rings is 1. The van der Waals surface area contributed by atoms with Crippen molar-refractivity contribution in [1.29, 1.82) is 0 Å². The highest BCUT2D eigenvalue weighted by Gasteiger charge is 2.17. The van der Waals surface area contributed by atoms with Gasteiger partial charge in [0, 0.05) is 6.08 Å². The molecule has 0 aliphatic heterocycles. The Kier molecular flexibility index (Phi) is 4.62. The van der Waals surface area contributed by atoms with E-state index < -0.39 is 5.54 Å². The molecule has 0 spiro atoms. The molecule has 1 aromatic carbocycles. The Hall–Kier alpha value is -1.68. The minimum Gasteiger partial charge on any atom is -0.394 e. The van der Waals surface area contributed by atoms with Gasteiger partial charge in [-0.15, -0.1) is 0 Å². The van der Waals surface area contributed by atoms with Crippen molar-refractivity contribution in [2.45, 2.75) is 26.3 Å². The van der Waals surface area contributed by atoms with Gasteiger partial charge < -0.3 is 10.4 Å². The lowest BCUT2D eigenvalue weighted by Crippen LogP contribution is -2.45. The van der Waals surface area contributed by atoms with E-state index in [-0.39, 0.29) is 18.3 Å². The van der Waals surface area contributed by atoms with Gasteiger partial charge in [-0.25, -0.2) is 4.39 Å². The summed E-state index contributed by atoms with van der Waals surface area (Å²) >= 11 is 0. The number of halogens is 1. The monoisotopic (exact) mass is 251 g/mol. The number of hydrogen-bond donors (Lipinski definition) is 2. The molecule has 0 bridgehead atoms. The molecule has 0 saturated heterocycles. The number of carbonyl (C=O) groups excluding carboxylic acids is 1. The van der Waals surface area contributed by atoms with Gasteiger partial charge in [-0.3, -0.25) is 4.79 Å². The molecular formula is C14H18FNO2. The molecule has 1 amide bonds. The van der Waals surface area contributed by atoms with Crippen LogP contribution in [-0.2, 0) is 4.79 Å². The molecule has 0 fully saturated rings. The van der Waals surface area contributed by atoms with E-state index in [2.05, 4.69) is 5.32 Å². The van der Waals surface area contributed by atoms with Crippen LogP contribution in [-0.4, -0.2) is 23.2 Å². The number of hydrogen-bond acceptors (Lipinski definition) is 2. The van der Waals surface area contributed by atoms with E-state index in [0.29, 0.717) is 0 Å². The molecule has 1 rings (SSSR count). The summed E-state index contributed by atoms with van der Waals surface area (Å²) in [6, 6.07) is 5.93. The lowest BCUT2D eigenvalue weighted by atomic mass is 10.1. The third-order valence-corrected chi connectivity index (χ3v) is 2.50. The van der Waals surface area contributed by atoms with Gasteiger partial charge in [-0.05, 0) is 44.0 Å². The average molecular weight is 251 g/mol. The molecule has 2 N–H and O–H groups in total.